The van der Waals surface area contributed by atoms with E-state index in [0.29, 0.717) is 12.8 Å². The lowest BCUT2D eigenvalue weighted by molar-refractivity contribution is -0.131. The quantitative estimate of drug-likeness (QED) is 0.0461. The molecular weight excluding hydrogens is 703 g/mol. The first-order valence-electron chi connectivity index (χ1n) is 26.3. The molecule has 3 unspecified atom stereocenters. The maximum Gasteiger partial charge on any atom is 0.249 e. The van der Waals surface area contributed by atoms with Crippen molar-refractivity contribution in [1.29, 1.82) is 0 Å². The molecule has 0 aromatic rings. The average Bonchev–Trinajstić information content (AvgIpc) is 3.22. The van der Waals surface area contributed by atoms with Crippen LogP contribution in [0.5, 0.6) is 0 Å². The minimum Gasteiger partial charge on any atom is -0.394 e. The van der Waals surface area contributed by atoms with Gasteiger partial charge in [-0.2, -0.15) is 0 Å². The summed E-state index contributed by atoms with van der Waals surface area (Å²) in [4.78, 5) is 12.5. The zero-order valence-corrected chi connectivity index (χ0v) is 39.0. The van der Waals surface area contributed by atoms with Gasteiger partial charge in [0.05, 0.1) is 18.8 Å². The summed E-state index contributed by atoms with van der Waals surface area (Å²) >= 11 is 0. The minimum atomic E-state index is -1.07. The Kier molecular flexibility index (Phi) is 47.5. The molecule has 0 spiro atoms. The Morgan fingerprint density at radius 3 is 0.789 bits per heavy atom. The third-order valence-electron chi connectivity index (χ3n) is 12.7. The zero-order chi connectivity index (χ0) is 41.5. The van der Waals surface area contributed by atoms with E-state index in [2.05, 4.69) is 19.2 Å². The molecule has 0 radical (unpaired) electrons. The standard InChI is InChI=1S/C52H105NO4/c1-3-5-7-9-11-13-15-17-19-21-22-23-24-25-26-27-28-29-31-33-35-37-39-41-43-45-47-51(56)52(57)53-49(48-54)50(55)46-44-42-40-38-36-34-32-30-20-18-16-14-12-10-8-6-4-2/h49-51,54-56H,3-48H2,1-2H3,(H,53,57). The molecule has 3 atom stereocenters. The zero-order valence-electron chi connectivity index (χ0n) is 39.0. The highest BCUT2D eigenvalue weighted by molar-refractivity contribution is 5.80. The summed E-state index contributed by atoms with van der Waals surface area (Å²) in [7, 11) is 0. The Hall–Kier alpha value is -0.650. The molecular formula is C52H105NO4. The Balaban J connectivity index is 3.50. The van der Waals surface area contributed by atoms with E-state index in [1.165, 1.54) is 244 Å². The lowest BCUT2D eigenvalue weighted by atomic mass is 10.0. The summed E-state index contributed by atoms with van der Waals surface area (Å²) in [5.41, 5.74) is 0. The Labute approximate surface area is 357 Å². The average molecular weight is 808 g/mol. The van der Waals surface area contributed by atoms with Crippen molar-refractivity contribution in [2.24, 2.45) is 0 Å². The maximum absolute atomic E-state index is 12.5. The van der Waals surface area contributed by atoms with Gasteiger partial charge in [0.1, 0.15) is 6.10 Å². The topological polar surface area (TPSA) is 89.8 Å². The molecule has 5 nitrogen and oxygen atoms in total. The number of rotatable bonds is 49. The normalized spacial score (nSPS) is 13.3. The number of carbonyl (C=O) groups excluding carboxylic acids is 1. The highest BCUT2D eigenvalue weighted by Crippen LogP contribution is 2.18. The molecule has 0 aliphatic carbocycles. The number of aliphatic hydroxyl groups is 3. The smallest absolute Gasteiger partial charge is 0.249 e. The van der Waals surface area contributed by atoms with E-state index in [-0.39, 0.29) is 6.61 Å². The molecule has 5 heteroatoms. The van der Waals surface area contributed by atoms with Crippen molar-refractivity contribution < 1.29 is 20.1 Å². The number of hydrogen-bond acceptors (Lipinski definition) is 4. The van der Waals surface area contributed by atoms with Gasteiger partial charge < -0.3 is 20.6 Å². The largest absolute Gasteiger partial charge is 0.394 e. The van der Waals surface area contributed by atoms with Crippen LogP contribution in [0.3, 0.4) is 0 Å². The second kappa shape index (κ2) is 48.0. The van der Waals surface area contributed by atoms with Gasteiger partial charge in [0.15, 0.2) is 0 Å². The van der Waals surface area contributed by atoms with Crippen molar-refractivity contribution in [1.82, 2.24) is 5.32 Å². The first-order valence-corrected chi connectivity index (χ1v) is 26.3. The molecule has 0 aromatic carbocycles. The molecule has 0 aliphatic rings. The van der Waals surface area contributed by atoms with Crippen molar-refractivity contribution in [2.45, 2.75) is 321 Å². The van der Waals surface area contributed by atoms with Crippen LogP contribution < -0.4 is 5.32 Å². The van der Waals surface area contributed by atoms with Crippen molar-refractivity contribution in [3.8, 4) is 0 Å². The van der Waals surface area contributed by atoms with Gasteiger partial charge in [-0.15, -0.1) is 0 Å². The Morgan fingerprint density at radius 2 is 0.561 bits per heavy atom. The van der Waals surface area contributed by atoms with Crippen molar-refractivity contribution in [3.05, 3.63) is 0 Å². The first-order chi connectivity index (χ1) is 28.1. The SMILES string of the molecule is CCCCCCCCCCCCCCCCCCCCCCCCCCCCC(O)C(=O)NC(CO)C(O)CCCCCCCCCCCCCCCCCCC. The van der Waals surface area contributed by atoms with Crippen molar-refractivity contribution in [2.75, 3.05) is 6.61 Å². The molecule has 0 saturated heterocycles. The van der Waals surface area contributed by atoms with E-state index in [0.717, 1.165) is 32.1 Å². The van der Waals surface area contributed by atoms with E-state index < -0.39 is 24.2 Å². The van der Waals surface area contributed by atoms with Crippen LogP contribution in [0.1, 0.15) is 303 Å². The van der Waals surface area contributed by atoms with Crippen molar-refractivity contribution >= 4 is 5.91 Å². The predicted molar refractivity (Wildman–Crippen MR) is 250 cm³/mol. The number of aliphatic hydroxyl groups excluding tert-OH is 3. The number of unbranched alkanes of at least 4 members (excludes halogenated alkanes) is 41. The van der Waals surface area contributed by atoms with Crippen molar-refractivity contribution in [3.63, 3.8) is 0 Å². The maximum atomic E-state index is 12.5. The summed E-state index contributed by atoms with van der Waals surface area (Å²) in [6, 6.07) is -0.706. The van der Waals surface area contributed by atoms with Gasteiger partial charge in [-0.1, -0.05) is 290 Å². The van der Waals surface area contributed by atoms with Crippen LogP contribution in [0.25, 0.3) is 0 Å². The molecule has 0 saturated carbocycles. The van der Waals surface area contributed by atoms with Crippen LogP contribution in [0.4, 0.5) is 0 Å². The van der Waals surface area contributed by atoms with Crippen LogP contribution >= 0.6 is 0 Å². The summed E-state index contributed by atoms with van der Waals surface area (Å²) in [5, 5.41) is 33.5. The molecule has 4 N–H and O–H groups in total. The Morgan fingerprint density at radius 1 is 0.351 bits per heavy atom. The first kappa shape index (κ1) is 56.4. The van der Waals surface area contributed by atoms with Gasteiger partial charge in [0, 0.05) is 0 Å². The molecule has 0 heterocycles. The third kappa shape index (κ3) is 43.3. The molecule has 0 aromatic heterocycles. The van der Waals surface area contributed by atoms with E-state index in [1.807, 2.05) is 0 Å². The number of nitrogens with one attached hydrogen (secondary N) is 1. The molecule has 0 aliphatic heterocycles. The highest BCUT2D eigenvalue weighted by Gasteiger charge is 2.23. The van der Waals surface area contributed by atoms with Gasteiger partial charge in [0.25, 0.3) is 0 Å². The minimum absolute atomic E-state index is 0.307. The fraction of sp³-hybridized carbons (Fsp3) is 0.981. The lowest BCUT2D eigenvalue weighted by Gasteiger charge is -2.23. The number of carbonyl (C=O) groups is 1. The lowest BCUT2D eigenvalue weighted by Crippen LogP contribution is -2.49. The van der Waals surface area contributed by atoms with E-state index in [1.54, 1.807) is 0 Å². The second-order valence-electron chi connectivity index (χ2n) is 18.5. The van der Waals surface area contributed by atoms with Crippen LogP contribution in [0.15, 0.2) is 0 Å². The molecule has 57 heavy (non-hydrogen) atoms. The van der Waals surface area contributed by atoms with Gasteiger partial charge >= 0.3 is 0 Å². The van der Waals surface area contributed by atoms with E-state index >= 15 is 0 Å². The summed E-state index contributed by atoms with van der Waals surface area (Å²) in [6.07, 6.45) is 57.1. The van der Waals surface area contributed by atoms with Crippen LogP contribution in [0, 0.1) is 0 Å². The molecule has 1 amide bonds. The van der Waals surface area contributed by atoms with Crippen LogP contribution in [-0.4, -0.2) is 46.1 Å². The van der Waals surface area contributed by atoms with Crippen LogP contribution in [-0.2, 0) is 4.79 Å². The van der Waals surface area contributed by atoms with E-state index in [4.69, 9.17) is 0 Å². The molecule has 0 fully saturated rings. The monoisotopic (exact) mass is 808 g/mol. The summed E-state index contributed by atoms with van der Waals surface area (Å²) in [6.45, 7) is 4.27. The highest BCUT2D eigenvalue weighted by atomic mass is 16.3. The number of amides is 1. The van der Waals surface area contributed by atoms with Gasteiger partial charge in [-0.05, 0) is 12.8 Å². The summed E-state index contributed by atoms with van der Waals surface area (Å²) < 4.78 is 0. The third-order valence-corrected chi connectivity index (χ3v) is 12.7. The number of hydrogen-bond donors (Lipinski definition) is 4. The Bertz CT molecular complexity index is 762. The predicted octanol–water partition coefficient (Wildman–Crippen LogP) is 15.8. The second-order valence-corrected chi connectivity index (χ2v) is 18.5. The molecule has 0 bridgehead atoms. The van der Waals surface area contributed by atoms with Crippen LogP contribution in [0.2, 0.25) is 0 Å². The van der Waals surface area contributed by atoms with Gasteiger partial charge in [-0.3, -0.25) is 4.79 Å². The van der Waals surface area contributed by atoms with E-state index in [9.17, 15) is 20.1 Å². The molecule has 342 valence electrons. The summed E-state index contributed by atoms with van der Waals surface area (Å²) in [5.74, 6) is -0.463. The van der Waals surface area contributed by atoms with Gasteiger partial charge in [-0.25, -0.2) is 0 Å². The van der Waals surface area contributed by atoms with Gasteiger partial charge in [0.2, 0.25) is 5.91 Å². The fourth-order valence-electron chi connectivity index (χ4n) is 8.61. The fourth-order valence-corrected chi connectivity index (χ4v) is 8.61. The molecule has 0 rings (SSSR count).